The van der Waals surface area contributed by atoms with Gasteiger partial charge in [0.15, 0.2) is 0 Å². The van der Waals surface area contributed by atoms with Gasteiger partial charge in [-0.1, -0.05) is 0 Å². The van der Waals surface area contributed by atoms with Crippen LogP contribution in [0.5, 0.6) is 0 Å². The van der Waals surface area contributed by atoms with Gasteiger partial charge in [-0.05, 0) is 41.0 Å². The van der Waals surface area contributed by atoms with Gasteiger partial charge in [-0.15, -0.1) is 11.6 Å². The molecule has 0 heterocycles. The third kappa shape index (κ3) is 8.80. The Balaban J connectivity index is 4.47. The van der Waals surface area contributed by atoms with E-state index >= 15 is 0 Å². The maximum Gasteiger partial charge on any atom is 0.408 e. The van der Waals surface area contributed by atoms with E-state index in [-0.39, 0.29) is 6.42 Å². The fourth-order valence-electron chi connectivity index (χ4n) is 1.14. The second-order valence-corrected chi connectivity index (χ2v) is 6.48. The zero-order chi connectivity index (χ0) is 13.9. The van der Waals surface area contributed by atoms with Crippen molar-refractivity contribution >= 4 is 23.7 Å². The topological polar surface area (TPSA) is 75.6 Å². The molecular weight excluding hydrogens is 246 g/mol. The van der Waals surface area contributed by atoms with E-state index in [4.69, 9.17) is 21.4 Å². The first-order chi connectivity index (χ1) is 7.41. The van der Waals surface area contributed by atoms with Crippen molar-refractivity contribution in [3.05, 3.63) is 0 Å². The van der Waals surface area contributed by atoms with E-state index < -0.39 is 28.6 Å². The summed E-state index contributed by atoms with van der Waals surface area (Å²) in [6, 6.07) is -1.06. The average molecular weight is 266 g/mol. The van der Waals surface area contributed by atoms with Crippen LogP contribution in [0, 0.1) is 0 Å². The summed E-state index contributed by atoms with van der Waals surface area (Å²) in [4.78, 5) is 21.7. The molecule has 0 saturated heterocycles. The Kier molecular flexibility index (Phi) is 5.26. The van der Waals surface area contributed by atoms with Gasteiger partial charge in [-0.3, -0.25) is 0 Å². The van der Waals surface area contributed by atoms with Crippen LogP contribution in [0.15, 0.2) is 0 Å². The number of halogens is 1. The van der Waals surface area contributed by atoms with E-state index in [1.54, 1.807) is 34.6 Å². The van der Waals surface area contributed by atoms with Gasteiger partial charge in [0.2, 0.25) is 0 Å². The van der Waals surface area contributed by atoms with Gasteiger partial charge in [0.05, 0.1) is 0 Å². The lowest BCUT2D eigenvalue weighted by molar-refractivity contribution is -0.139. The number of alkyl carbamates (subject to hydrolysis) is 1. The molecule has 2 N–H and O–H groups in total. The summed E-state index contributed by atoms with van der Waals surface area (Å²) in [5.41, 5.74) is -0.663. The molecule has 0 spiro atoms. The summed E-state index contributed by atoms with van der Waals surface area (Å²) in [6.45, 7) is 8.47. The van der Waals surface area contributed by atoms with Crippen LogP contribution in [0.2, 0.25) is 0 Å². The number of carboxylic acid groups (broad SMARTS) is 1. The van der Waals surface area contributed by atoms with Crippen LogP contribution in [0.25, 0.3) is 0 Å². The Morgan fingerprint density at radius 3 is 2.06 bits per heavy atom. The Morgan fingerprint density at radius 2 is 1.76 bits per heavy atom. The highest BCUT2D eigenvalue weighted by Crippen LogP contribution is 2.20. The zero-order valence-electron chi connectivity index (χ0n) is 10.8. The number of aliphatic carboxylic acids is 1. The first kappa shape index (κ1) is 16.0. The van der Waals surface area contributed by atoms with Gasteiger partial charge in [0, 0.05) is 4.87 Å². The monoisotopic (exact) mass is 265 g/mol. The molecule has 0 rings (SSSR count). The fourth-order valence-corrected chi connectivity index (χ4v) is 1.29. The van der Waals surface area contributed by atoms with Gasteiger partial charge in [0.1, 0.15) is 11.6 Å². The molecule has 17 heavy (non-hydrogen) atoms. The SMILES string of the molecule is CC(C)(Cl)CC(NC(=O)OC(C)(C)C)C(=O)O. The molecule has 0 aliphatic rings. The lowest BCUT2D eigenvalue weighted by Gasteiger charge is -2.24. The first-order valence-electron chi connectivity index (χ1n) is 5.32. The third-order valence-electron chi connectivity index (χ3n) is 1.68. The Morgan fingerprint density at radius 1 is 1.29 bits per heavy atom. The molecule has 1 unspecified atom stereocenters. The smallest absolute Gasteiger partial charge is 0.408 e. The molecular formula is C11H20ClNO4. The number of amides is 1. The van der Waals surface area contributed by atoms with Crippen molar-refractivity contribution in [2.75, 3.05) is 0 Å². The van der Waals surface area contributed by atoms with Crippen molar-refractivity contribution in [1.29, 1.82) is 0 Å². The zero-order valence-corrected chi connectivity index (χ0v) is 11.6. The first-order valence-corrected chi connectivity index (χ1v) is 5.70. The minimum atomic E-state index is -1.13. The number of rotatable bonds is 4. The molecule has 0 aromatic heterocycles. The minimum Gasteiger partial charge on any atom is -0.480 e. The summed E-state index contributed by atoms with van der Waals surface area (Å²) in [6.07, 6.45) is -0.644. The molecule has 0 bridgehead atoms. The Hall–Kier alpha value is -0.970. The molecule has 0 fully saturated rings. The summed E-state index contributed by atoms with van der Waals surface area (Å²) < 4.78 is 4.98. The second kappa shape index (κ2) is 5.58. The van der Waals surface area contributed by atoms with E-state index in [1.807, 2.05) is 0 Å². The van der Waals surface area contributed by atoms with Crippen LogP contribution in [0.4, 0.5) is 4.79 Å². The number of hydrogen-bond acceptors (Lipinski definition) is 3. The van der Waals surface area contributed by atoms with E-state index in [0.29, 0.717) is 0 Å². The highest BCUT2D eigenvalue weighted by atomic mass is 35.5. The minimum absolute atomic E-state index is 0.114. The number of carbonyl (C=O) groups excluding carboxylic acids is 1. The van der Waals surface area contributed by atoms with Crippen LogP contribution < -0.4 is 5.32 Å². The van der Waals surface area contributed by atoms with Crippen molar-refractivity contribution in [1.82, 2.24) is 5.32 Å². The maximum absolute atomic E-state index is 11.4. The highest BCUT2D eigenvalue weighted by molar-refractivity contribution is 6.23. The van der Waals surface area contributed by atoms with Crippen molar-refractivity contribution in [2.45, 2.75) is 57.6 Å². The molecule has 0 saturated carbocycles. The summed E-state index contributed by atoms with van der Waals surface area (Å²) >= 11 is 5.93. The predicted octanol–water partition coefficient (Wildman–Crippen LogP) is 2.37. The molecule has 0 radical (unpaired) electrons. The van der Waals surface area contributed by atoms with E-state index in [2.05, 4.69) is 5.32 Å². The Bertz CT molecular complexity index is 291. The molecule has 100 valence electrons. The number of hydrogen-bond donors (Lipinski definition) is 2. The summed E-state index contributed by atoms with van der Waals surface area (Å²) in [7, 11) is 0. The van der Waals surface area contributed by atoms with Gasteiger partial charge in [0.25, 0.3) is 0 Å². The third-order valence-corrected chi connectivity index (χ3v) is 1.83. The molecule has 6 heteroatoms. The van der Waals surface area contributed by atoms with E-state index in [1.165, 1.54) is 0 Å². The van der Waals surface area contributed by atoms with Crippen molar-refractivity contribution < 1.29 is 19.4 Å². The average Bonchev–Trinajstić information content (AvgIpc) is 1.95. The number of carbonyl (C=O) groups is 2. The van der Waals surface area contributed by atoms with Gasteiger partial charge >= 0.3 is 12.1 Å². The number of carboxylic acids is 1. The molecule has 1 atom stereocenters. The second-order valence-electron chi connectivity index (χ2n) is 5.46. The van der Waals surface area contributed by atoms with Crippen molar-refractivity contribution in [3.63, 3.8) is 0 Å². The molecule has 0 aromatic carbocycles. The quantitative estimate of drug-likeness (QED) is 0.765. The number of ether oxygens (including phenoxy) is 1. The summed E-state index contributed by atoms with van der Waals surface area (Å²) in [5.74, 6) is -1.13. The van der Waals surface area contributed by atoms with Gasteiger partial charge in [-0.25, -0.2) is 9.59 Å². The summed E-state index contributed by atoms with van der Waals surface area (Å²) in [5, 5.41) is 11.2. The molecule has 5 nitrogen and oxygen atoms in total. The number of alkyl halides is 1. The normalized spacial score (nSPS) is 14.0. The standard InChI is InChI=1S/C11H20ClNO4/c1-10(2,3)17-9(16)13-7(8(14)15)6-11(4,5)12/h7H,6H2,1-5H3,(H,13,16)(H,14,15). The lowest BCUT2D eigenvalue weighted by atomic mass is 10.0. The fraction of sp³-hybridized carbons (Fsp3) is 0.818. The number of nitrogens with one attached hydrogen (secondary N) is 1. The highest BCUT2D eigenvalue weighted by Gasteiger charge is 2.29. The van der Waals surface area contributed by atoms with Crippen LogP contribution in [0.1, 0.15) is 41.0 Å². The Labute approximate surface area is 106 Å². The molecule has 0 aromatic rings. The largest absolute Gasteiger partial charge is 0.480 e. The molecule has 0 aliphatic carbocycles. The van der Waals surface area contributed by atoms with Crippen LogP contribution in [0.3, 0.4) is 0 Å². The van der Waals surface area contributed by atoms with Crippen molar-refractivity contribution in [3.8, 4) is 0 Å². The van der Waals surface area contributed by atoms with Crippen LogP contribution >= 0.6 is 11.6 Å². The van der Waals surface area contributed by atoms with Gasteiger partial charge in [-0.2, -0.15) is 0 Å². The predicted molar refractivity (Wildman–Crippen MR) is 65.3 cm³/mol. The van der Waals surface area contributed by atoms with Crippen LogP contribution in [-0.4, -0.2) is 33.7 Å². The molecule has 1 amide bonds. The molecule has 0 aliphatic heterocycles. The van der Waals surface area contributed by atoms with E-state index in [0.717, 1.165) is 0 Å². The van der Waals surface area contributed by atoms with Crippen LogP contribution in [-0.2, 0) is 9.53 Å². The lowest BCUT2D eigenvalue weighted by Crippen LogP contribution is -2.45. The maximum atomic E-state index is 11.4. The van der Waals surface area contributed by atoms with Gasteiger partial charge < -0.3 is 15.2 Å². The van der Waals surface area contributed by atoms with E-state index in [9.17, 15) is 9.59 Å². The van der Waals surface area contributed by atoms with Crippen molar-refractivity contribution in [2.24, 2.45) is 0 Å².